The van der Waals surface area contributed by atoms with Gasteiger partial charge in [0.2, 0.25) is 11.8 Å². The molecule has 7 nitrogen and oxygen atoms in total. The Labute approximate surface area is 273 Å². The van der Waals surface area contributed by atoms with E-state index < -0.39 is 28.5 Å². The molecule has 4 aromatic carbocycles. The van der Waals surface area contributed by atoms with Crippen LogP contribution in [0, 0.1) is 6.92 Å². The zero-order chi connectivity index (χ0) is 31.7. The van der Waals surface area contributed by atoms with E-state index in [0.717, 1.165) is 31.9 Å². The summed E-state index contributed by atoms with van der Waals surface area (Å²) in [5, 5.41) is 3.34. The predicted octanol–water partition coefficient (Wildman–Crippen LogP) is 6.77. The first kappa shape index (κ1) is 33.2. The van der Waals surface area contributed by atoms with Crippen molar-refractivity contribution in [2.75, 3.05) is 17.4 Å². The highest BCUT2D eigenvalue weighted by Crippen LogP contribution is 2.26. The normalized spacial score (nSPS) is 11.9. The summed E-state index contributed by atoms with van der Waals surface area (Å²) in [7, 11) is -4.19. The molecule has 0 radical (unpaired) electrons. The van der Waals surface area contributed by atoms with Crippen molar-refractivity contribution in [2.24, 2.45) is 0 Å². The van der Waals surface area contributed by atoms with Crippen LogP contribution in [0.25, 0.3) is 0 Å². The van der Waals surface area contributed by atoms with Crippen molar-refractivity contribution in [3.8, 4) is 0 Å². The number of nitrogens with one attached hydrogen (secondary N) is 1. The molecule has 0 bridgehead atoms. The molecule has 44 heavy (non-hydrogen) atoms. The summed E-state index contributed by atoms with van der Waals surface area (Å²) in [5.74, 6) is -0.817. The third-order valence-corrected chi connectivity index (χ3v) is 9.66. The van der Waals surface area contributed by atoms with Crippen LogP contribution in [0.3, 0.4) is 0 Å². The van der Waals surface area contributed by atoms with Crippen LogP contribution < -0.4 is 9.62 Å². The molecular formula is C34H35BrClN3O4S. The maximum atomic E-state index is 14.4. The van der Waals surface area contributed by atoms with E-state index in [1.54, 1.807) is 24.3 Å². The molecule has 0 saturated heterocycles. The van der Waals surface area contributed by atoms with Gasteiger partial charge >= 0.3 is 0 Å². The van der Waals surface area contributed by atoms with E-state index in [4.69, 9.17) is 11.6 Å². The van der Waals surface area contributed by atoms with Gasteiger partial charge in [0.15, 0.2) is 0 Å². The standard InChI is InChI=1S/C34H35BrClN3O4S/c1-3-21-37-34(41)32(22-26-7-5-4-6-8-26)38(23-27-11-13-28(35)14-12-27)33(40)24-39(30-17-9-25(2)10-18-30)44(42,43)31-19-15-29(36)16-20-31/h4-20,32H,3,21-24H2,1-2H3,(H,37,41). The molecule has 230 valence electrons. The molecule has 0 saturated carbocycles. The van der Waals surface area contributed by atoms with Crippen LogP contribution in [0.5, 0.6) is 0 Å². The average Bonchev–Trinajstić information content (AvgIpc) is 3.02. The van der Waals surface area contributed by atoms with E-state index in [9.17, 15) is 18.0 Å². The van der Waals surface area contributed by atoms with Crippen molar-refractivity contribution >= 4 is 55.1 Å². The molecule has 0 fully saturated rings. The van der Waals surface area contributed by atoms with Crippen LogP contribution in [-0.4, -0.2) is 44.3 Å². The Bertz CT molecular complexity index is 1650. The first-order valence-corrected chi connectivity index (χ1v) is 16.9. The summed E-state index contributed by atoms with van der Waals surface area (Å²) < 4.78 is 30.1. The van der Waals surface area contributed by atoms with E-state index >= 15 is 0 Å². The van der Waals surface area contributed by atoms with E-state index in [-0.39, 0.29) is 23.8 Å². The lowest BCUT2D eigenvalue weighted by Gasteiger charge is -2.34. The van der Waals surface area contributed by atoms with Crippen molar-refractivity contribution < 1.29 is 18.0 Å². The Morgan fingerprint density at radius 3 is 2.11 bits per heavy atom. The number of aryl methyl sites for hydroxylation is 1. The minimum atomic E-state index is -4.19. The lowest BCUT2D eigenvalue weighted by atomic mass is 10.0. The van der Waals surface area contributed by atoms with Crippen molar-refractivity contribution in [1.82, 2.24) is 10.2 Å². The Morgan fingerprint density at radius 1 is 0.864 bits per heavy atom. The highest BCUT2D eigenvalue weighted by molar-refractivity contribution is 9.10. The highest BCUT2D eigenvalue weighted by Gasteiger charge is 2.34. The van der Waals surface area contributed by atoms with Crippen LogP contribution in [0.2, 0.25) is 5.02 Å². The topological polar surface area (TPSA) is 86.8 Å². The van der Waals surface area contributed by atoms with Crippen LogP contribution in [0.4, 0.5) is 5.69 Å². The Hall–Kier alpha value is -3.66. The number of nitrogens with zero attached hydrogens (tertiary/aromatic N) is 2. The number of benzene rings is 4. The summed E-state index contributed by atoms with van der Waals surface area (Å²) in [6, 6.07) is 28.8. The van der Waals surface area contributed by atoms with Crippen molar-refractivity contribution in [3.63, 3.8) is 0 Å². The van der Waals surface area contributed by atoms with Crippen LogP contribution >= 0.6 is 27.5 Å². The summed E-state index contributed by atoms with van der Waals surface area (Å²) in [6.07, 6.45) is 0.984. The van der Waals surface area contributed by atoms with Crippen molar-refractivity contribution in [3.05, 3.63) is 129 Å². The molecular weight excluding hydrogens is 662 g/mol. The largest absolute Gasteiger partial charge is 0.354 e. The molecule has 0 aromatic heterocycles. The number of anilines is 1. The van der Waals surface area contributed by atoms with E-state index in [0.29, 0.717) is 17.3 Å². The van der Waals surface area contributed by atoms with Gasteiger partial charge in [-0.15, -0.1) is 0 Å². The molecule has 0 spiro atoms. The van der Waals surface area contributed by atoms with E-state index in [2.05, 4.69) is 21.2 Å². The molecule has 2 amide bonds. The molecule has 4 rings (SSSR count). The quantitative estimate of drug-likeness (QED) is 0.167. The Balaban J connectivity index is 1.78. The molecule has 0 aliphatic rings. The zero-order valence-electron chi connectivity index (χ0n) is 24.6. The number of carbonyl (C=O) groups excluding carboxylic acids is 2. The maximum Gasteiger partial charge on any atom is 0.264 e. The maximum absolute atomic E-state index is 14.4. The monoisotopic (exact) mass is 695 g/mol. The molecule has 0 aliphatic carbocycles. The number of hydrogen-bond acceptors (Lipinski definition) is 4. The minimum Gasteiger partial charge on any atom is -0.354 e. The lowest BCUT2D eigenvalue weighted by molar-refractivity contribution is -0.140. The van der Waals surface area contributed by atoms with Gasteiger partial charge in [0.1, 0.15) is 12.6 Å². The summed E-state index contributed by atoms with van der Waals surface area (Å²) in [6.45, 7) is 3.89. The van der Waals surface area contributed by atoms with Crippen molar-refractivity contribution in [2.45, 2.75) is 44.2 Å². The van der Waals surface area contributed by atoms with Crippen LogP contribution in [0.15, 0.2) is 112 Å². The molecule has 4 aromatic rings. The molecule has 0 aliphatic heterocycles. The molecule has 1 unspecified atom stereocenters. The van der Waals surface area contributed by atoms with Gasteiger partial charge in [-0.25, -0.2) is 8.42 Å². The summed E-state index contributed by atoms with van der Waals surface area (Å²) >= 11 is 9.50. The number of amides is 2. The first-order valence-electron chi connectivity index (χ1n) is 14.3. The second kappa shape index (κ2) is 15.4. The Morgan fingerprint density at radius 2 is 1.50 bits per heavy atom. The first-order chi connectivity index (χ1) is 21.1. The number of carbonyl (C=O) groups is 2. The van der Waals surface area contributed by atoms with Gasteiger partial charge in [0, 0.05) is 29.0 Å². The molecule has 0 heterocycles. The van der Waals surface area contributed by atoms with Gasteiger partial charge < -0.3 is 10.2 Å². The molecule has 1 N–H and O–H groups in total. The molecule has 10 heteroatoms. The number of hydrogen-bond donors (Lipinski definition) is 1. The lowest BCUT2D eigenvalue weighted by Crippen LogP contribution is -2.53. The Kier molecular flexibility index (Phi) is 11.6. The fourth-order valence-electron chi connectivity index (χ4n) is 4.68. The second-order valence-corrected chi connectivity index (χ2v) is 13.7. The smallest absolute Gasteiger partial charge is 0.264 e. The fraction of sp³-hybridized carbons (Fsp3) is 0.235. The van der Waals surface area contributed by atoms with E-state index in [1.165, 1.54) is 29.2 Å². The van der Waals surface area contributed by atoms with Gasteiger partial charge in [-0.05, 0) is 73.0 Å². The van der Waals surface area contributed by atoms with Crippen LogP contribution in [0.1, 0.15) is 30.0 Å². The third-order valence-electron chi connectivity index (χ3n) is 7.09. The van der Waals surface area contributed by atoms with Gasteiger partial charge in [0.25, 0.3) is 10.0 Å². The van der Waals surface area contributed by atoms with Crippen molar-refractivity contribution in [1.29, 1.82) is 0 Å². The van der Waals surface area contributed by atoms with Gasteiger partial charge in [-0.2, -0.15) is 0 Å². The highest BCUT2D eigenvalue weighted by atomic mass is 79.9. The van der Waals surface area contributed by atoms with Gasteiger partial charge in [-0.1, -0.05) is 94.6 Å². The van der Waals surface area contributed by atoms with E-state index in [1.807, 2.05) is 68.4 Å². The van der Waals surface area contributed by atoms with Crippen LogP contribution in [-0.2, 0) is 32.6 Å². The third kappa shape index (κ3) is 8.71. The fourth-order valence-corrected chi connectivity index (χ4v) is 6.48. The SMILES string of the molecule is CCCNC(=O)C(Cc1ccccc1)N(Cc1ccc(Br)cc1)C(=O)CN(c1ccc(C)cc1)S(=O)(=O)c1ccc(Cl)cc1. The van der Waals surface area contributed by atoms with Gasteiger partial charge in [0.05, 0.1) is 10.6 Å². The molecule has 1 atom stereocenters. The predicted molar refractivity (Wildman–Crippen MR) is 179 cm³/mol. The number of sulfonamides is 1. The second-order valence-electron chi connectivity index (χ2n) is 10.4. The number of halogens is 2. The average molecular weight is 697 g/mol. The number of rotatable bonds is 13. The minimum absolute atomic E-state index is 0.00346. The summed E-state index contributed by atoms with van der Waals surface area (Å²) in [4.78, 5) is 29.6. The van der Waals surface area contributed by atoms with Gasteiger partial charge in [-0.3, -0.25) is 13.9 Å². The summed E-state index contributed by atoms with van der Waals surface area (Å²) in [5.41, 5.74) is 2.95. The zero-order valence-corrected chi connectivity index (χ0v) is 27.8.